The van der Waals surface area contributed by atoms with Crippen LogP contribution >= 0.6 is 18.7 Å². The summed E-state index contributed by atoms with van der Waals surface area (Å²) in [4.78, 5) is 40.0. The molecule has 342 valence electrons. The zero-order chi connectivity index (χ0) is 45.4. The van der Waals surface area contributed by atoms with E-state index in [-0.39, 0.29) is 24.1 Å². The monoisotopic (exact) mass is 923 g/mol. The maximum Gasteiger partial charge on any atom is 0.249 e. The number of ether oxygens (including phenoxy) is 1. The van der Waals surface area contributed by atoms with Gasteiger partial charge in [0.15, 0.2) is 5.82 Å². The molecule has 15 nitrogen and oxygen atoms in total. The number of rotatable bonds is 14. The minimum Gasteiger partial charge on any atom is -0.494 e. The van der Waals surface area contributed by atoms with Crippen molar-refractivity contribution in [1.82, 2.24) is 30.0 Å². The summed E-state index contributed by atoms with van der Waals surface area (Å²) in [5, 5.41) is 17.8. The SMILES string of the molecule is COc1cc(N2CCC(CN3CCN(c4ccc(NC5CCC(=O)NC5=O)cc4F)CC3)CC2)c(-c2cnn(C)c2)cc1Nc1ncc(Cl)c(Nc2ccc(C3CC3)cc2P(C)(C)=O)n1. The van der Waals surface area contributed by atoms with Crippen LogP contribution in [0.5, 0.6) is 5.75 Å². The number of aromatic nitrogens is 4. The number of hydrogen-bond acceptors (Lipinski definition) is 13. The molecule has 3 aliphatic heterocycles. The largest absolute Gasteiger partial charge is 0.494 e. The second-order valence-electron chi connectivity index (χ2n) is 18.0. The second-order valence-corrected chi connectivity index (χ2v) is 21.6. The lowest BCUT2D eigenvalue weighted by atomic mass is 9.94. The number of piperidine rings is 2. The van der Waals surface area contributed by atoms with Crippen molar-refractivity contribution in [3.05, 3.63) is 83.5 Å². The molecule has 1 unspecified atom stereocenters. The molecule has 0 spiro atoms. The summed E-state index contributed by atoms with van der Waals surface area (Å²) < 4.78 is 36.6. The van der Waals surface area contributed by atoms with E-state index in [0.717, 1.165) is 93.6 Å². The van der Waals surface area contributed by atoms with Crippen LogP contribution < -0.4 is 41.1 Å². The van der Waals surface area contributed by atoms with E-state index in [4.69, 9.17) is 21.3 Å². The van der Waals surface area contributed by atoms with Crippen LogP contribution in [0.25, 0.3) is 11.1 Å². The zero-order valence-corrected chi connectivity index (χ0v) is 38.9. The van der Waals surface area contributed by atoms with Crippen LogP contribution in [0.15, 0.2) is 67.1 Å². The average molecular weight is 924 g/mol. The molecule has 4 fully saturated rings. The third-order valence-electron chi connectivity index (χ3n) is 12.9. The predicted octanol–water partition coefficient (Wildman–Crippen LogP) is 7.55. The summed E-state index contributed by atoms with van der Waals surface area (Å²) in [6.07, 6.45) is 10.4. The van der Waals surface area contributed by atoms with Gasteiger partial charge in [-0.2, -0.15) is 10.1 Å². The Morgan fingerprint density at radius 2 is 1.66 bits per heavy atom. The Kier molecular flexibility index (Phi) is 12.8. The fraction of sp³-hybridized carbons (Fsp3) is 0.426. The molecule has 0 radical (unpaired) electrons. The molecule has 1 saturated carbocycles. The number of amides is 2. The quantitative estimate of drug-likeness (QED) is 0.0639. The molecule has 5 aromatic rings. The smallest absolute Gasteiger partial charge is 0.249 e. The van der Waals surface area contributed by atoms with Gasteiger partial charge < -0.3 is 35.1 Å². The third-order valence-corrected chi connectivity index (χ3v) is 14.7. The number of imide groups is 1. The number of aryl methyl sites for hydroxylation is 1. The fourth-order valence-corrected chi connectivity index (χ4v) is 10.5. The first-order valence-corrected chi connectivity index (χ1v) is 25.3. The first-order valence-electron chi connectivity index (χ1n) is 22.4. The summed E-state index contributed by atoms with van der Waals surface area (Å²) in [6.45, 7) is 9.43. The van der Waals surface area contributed by atoms with Gasteiger partial charge in [0.25, 0.3) is 0 Å². The van der Waals surface area contributed by atoms with E-state index in [2.05, 4.69) is 70.3 Å². The van der Waals surface area contributed by atoms with Gasteiger partial charge in [0, 0.05) is 99.4 Å². The van der Waals surface area contributed by atoms with Crippen molar-refractivity contribution in [2.45, 2.75) is 50.5 Å². The normalized spacial score (nSPS) is 18.7. The van der Waals surface area contributed by atoms with E-state index in [1.54, 1.807) is 43.5 Å². The zero-order valence-electron chi connectivity index (χ0n) is 37.2. The van der Waals surface area contributed by atoms with Crippen LogP contribution in [0.2, 0.25) is 5.02 Å². The van der Waals surface area contributed by atoms with E-state index < -0.39 is 13.2 Å². The van der Waals surface area contributed by atoms with Crippen molar-refractivity contribution in [2.75, 3.05) is 92.0 Å². The highest BCUT2D eigenvalue weighted by Crippen LogP contribution is 2.45. The molecule has 3 aromatic carbocycles. The average Bonchev–Trinajstić information content (AvgIpc) is 4.05. The molecular weight excluding hydrogens is 868 g/mol. The lowest BCUT2D eigenvalue weighted by Gasteiger charge is -2.40. The Morgan fingerprint density at radius 3 is 2.34 bits per heavy atom. The Hall–Kier alpha value is -5.70. The molecule has 3 saturated heterocycles. The van der Waals surface area contributed by atoms with Gasteiger partial charge in [-0.05, 0) is 99.2 Å². The lowest BCUT2D eigenvalue weighted by molar-refractivity contribution is -0.133. The molecule has 4 aliphatic rings. The second kappa shape index (κ2) is 18.7. The van der Waals surface area contributed by atoms with Gasteiger partial charge in [-0.1, -0.05) is 17.7 Å². The summed E-state index contributed by atoms with van der Waals surface area (Å²) in [5.41, 5.74) is 6.70. The maximum absolute atomic E-state index is 15.4. The van der Waals surface area contributed by atoms with Gasteiger partial charge in [-0.3, -0.25) is 24.5 Å². The lowest BCUT2D eigenvalue weighted by Crippen LogP contribution is -2.49. The maximum atomic E-state index is 15.4. The number of methoxy groups -OCH3 is 1. The number of nitrogens with one attached hydrogen (secondary N) is 4. The first kappa shape index (κ1) is 44.5. The van der Waals surface area contributed by atoms with Gasteiger partial charge in [0.2, 0.25) is 17.8 Å². The minimum absolute atomic E-state index is 0.259. The minimum atomic E-state index is -2.63. The van der Waals surface area contributed by atoms with Gasteiger partial charge in [-0.15, -0.1) is 0 Å². The summed E-state index contributed by atoms with van der Waals surface area (Å²) >= 11 is 6.66. The standard InChI is InChI=1S/C47H56ClFN11O4P/c1-57-28-32(25-51-57)34-23-39(54-47-50-26-35(48)45(56-47)53-37-9-7-31(30-5-6-30)21-43(37)65(3,4)63)42(64-2)24-41(34)59-15-13-29(14-16-59)27-58-17-19-60(20-18-58)40-11-8-33(22-36(40)49)52-38-10-12-44(61)55-46(38)62/h7-9,11,21-26,28-30,38,52H,5-6,10,12-20,27H2,1-4H3,(H,55,61,62)(H2,50,53,54,56). The van der Waals surface area contributed by atoms with Gasteiger partial charge >= 0.3 is 0 Å². The summed E-state index contributed by atoms with van der Waals surface area (Å²) in [6, 6.07) is 14.7. The van der Waals surface area contributed by atoms with Gasteiger partial charge in [0.05, 0.1) is 36.6 Å². The number of halogens is 2. The highest BCUT2D eigenvalue weighted by Gasteiger charge is 2.30. The fourth-order valence-electron chi connectivity index (χ4n) is 9.20. The van der Waals surface area contributed by atoms with Crippen LogP contribution in [0.4, 0.5) is 44.6 Å². The van der Waals surface area contributed by atoms with E-state index >= 15 is 4.39 Å². The third kappa shape index (κ3) is 10.2. The van der Waals surface area contributed by atoms with Gasteiger partial charge in [-0.25, -0.2) is 9.37 Å². The molecule has 1 atom stereocenters. The molecule has 4 N–H and O–H groups in total. The van der Waals surface area contributed by atoms with E-state index in [9.17, 15) is 14.2 Å². The number of nitrogens with zero attached hydrogens (tertiary/aromatic N) is 7. The van der Waals surface area contributed by atoms with Crippen LogP contribution in [0.3, 0.4) is 0 Å². The van der Waals surface area contributed by atoms with Crippen LogP contribution in [0.1, 0.15) is 50.0 Å². The van der Waals surface area contributed by atoms with Crippen molar-refractivity contribution < 1.29 is 23.3 Å². The van der Waals surface area contributed by atoms with Crippen molar-refractivity contribution in [3.8, 4) is 16.9 Å². The van der Waals surface area contributed by atoms with Crippen molar-refractivity contribution >= 4 is 76.1 Å². The van der Waals surface area contributed by atoms with Crippen LogP contribution in [0, 0.1) is 11.7 Å². The molecular formula is C47H56ClFN11O4P. The Morgan fingerprint density at radius 1 is 0.892 bits per heavy atom. The topological polar surface area (TPSA) is 162 Å². The van der Waals surface area contributed by atoms with E-state index in [1.165, 1.54) is 11.6 Å². The Bertz CT molecular complexity index is 2640. The number of carbonyl (C=O) groups excluding carboxylic acids is 2. The number of piperazine rings is 1. The molecule has 2 amide bonds. The van der Waals surface area contributed by atoms with Crippen molar-refractivity contribution in [3.63, 3.8) is 0 Å². The summed E-state index contributed by atoms with van der Waals surface area (Å²) in [5.74, 6) is 1.40. The molecule has 0 bridgehead atoms. The number of benzene rings is 3. The van der Waals surface area contributed by atoms with E-state index in [1.807, 2.05) is 25.5 Å². The Balaban J connectivity index is 0.845. The molecule has 5 heterocycles. The summed E-state index contributed by atoms with van der Waals surface area (Å²) in [7, 11) is 0.933. The van der Waals surface area contributed by atoms with Gasteiger partial charge in [0.1, 0.15) is 29.8 Å². The molecule has 9 rings (SSSR count). The molecule has 1 aliphatic carbocycles. The highest BCUT2D eigenvalue weighted by atomic mass is 35.5. The first-order chi connectivity index (χ1) is 31.3. The van der Waals surface area contributed by atoms with Crippen molar-refractivity contribution in [1.29, 1.82) is 0 Å². The van der Waals surface area contributed by atoms with Crippen molar-refractivity contribution in [2.24, 2.45) is 13.0 Å². The molecule has 65 heavy (non-hydrogen) atoms. The number of hydrogen-bond donors (Lipinski definition) is 4. The number of anilines is 7. The van der Waals surface area contributed by atoms with Crippen LogP contribution in [-0.2, 0) is 21.2 Å². The molecule has 18 heteroatoms. The highest BCUT2D eigenvalue weighted by molar-refractivity contribution is 7.70. The molecule has 2 aromatic heterocycles. The predicted molar refractivity (Wildman–Crippen MR) is 256 cm³/mol. The number of carbonyl (C=O) groups is 2. The van der Waals surface area contributed by atoms with Crippen LogP contribution in [-0.4, -0.2) is 109 Å². The van der Waals surface area contributed by atoms with E-state index in [0.29, 0.717) is 63.5 Å². The Labute approximate surface area is 383 Å².